The molecule has 2 heteroatoms. The smallest absolute Gasteiger partial charge is 0.00180 e. The first-order valence-corrected chi connectivity index (χ1v) is 8.69. The molecule has 3 unspecified atom stereocenters. The molecule has 0 spiro atoms. The molecule has 0 aliphatic carbocycles. The Morgan fingerprint density at radius 3 is 2.74 bits per heavy atom. The van der Waals surface area contributed by atoms with E-state index in [4.69, 9.17) is 0 Å². The Morgan fingerprint density at radius 1 is 1.26 bits per heavy atom. The van der Waals surface area contributed by atoms with Crippen molar-refractivity contribution in [2.45, 2.75) is 65.7 Å². The minimum absolute atomic E-state index is 0.871. The standard InChI is InChI=1S/C17H36N2/c1-4-6-8-16(5-2)13-19-12-10-15(3)17-9-7-11-18-14-17/h15-19H,4-14H2,1-3H3. The maximum atomic E-state index is 3.69. The Morgan fingerprint density at radius 2 is 2.11 bits per heavy atom. The van der Waals surface area contributed by atoms with Crippen LogP contribution in [0.2, 0.25) is 0 Å². The van der Waals surface area contributed by atoms with Crippen LogP contribution >= 0.6 is 0 Å². The van der Waals surface area contributed by atoms with Gasteiger partial charge in [0.25, 0.3) is 0 Å². The van der Waals surface area contributed by atoms with Crippen molar-refractivity contribution in [3.05, 3.63) is 0 Å². The minimum Gasteiger partial charge on any atom is -0.316 e. The number of nitrogens with one attached hydrogen (secondary N) is 2. The molecule has 3 atom stereocenters. The van der Waals surface area contributed by atoms with Gasteiger partial charge in [-0.2, -0.15) is 0 Å². The van der Waals surface area contributed by atoms with Crippen molar-refractivity contribution >= 4 is 0 Å². The molecule has 114 valence electrons. The quantitative estimate of drug-likeness (QED) is 0.589. The van der Waals surface area contributed by atoms with E-state index in [9.17, 15) is 0 Å². The lowest BCUT2D eigenvalue weighted by molar-refractivity contribution is 0.264. The Labute approximate surface area is 121 Å². The van der Waals surface area contributed by atoms with Gasteiger partial charge in [0.05, 0.1) is 0 Å². The van der Waals surface area contributed by atoms with Gasteiger partial charge in [-0.05, 0) is 69.6 Å². The van der Waals surface area contributed by atoms with E-state index in [1.807, 2.05) is 0 Å². The Bertz CT molecular complexity index is 199. The van der Waals surface area contributed by atoms with Crippen LogP contribution in [0.1, 0.15) is 65.7 Å². The largest absolute Gasteiger partial charge is 0.316 e. The summed E-state index contributed by atoms with van der Waals surface area (Å²) in [5.41, 5.74) is 0. The van der Waals surface area contributed by atoms with Crippen molar-refractivity contribution < 1.29 is 0 Å². The molecule has 0 radical (unpaired) electrons. The average Bonchev–Trinajstić information content (AvgIpc) is 2.47. The predicted octanol–water partition coefficient (Wildman–Crippen LogP) is 3.82. The molecule has 0 saturated carbocycles. The Hall–Kier alpha value is -0.0800. The molecule has 1 fully saturated rings. The van der Waals surface area contributed by atoms with Crippen LogP contribution < -0.4 is 10.6 Å². The summed E-state index contributed by atoms with van der Waals surface area (Å²) in [5.74, 6) is 2.68. The van der Waals surface area contributed by atoms with Gasteiger partial charge in [0.2, 0.25) is 0 Å². The summed E-state index contributed by atoms with van der Waals surface area (Å²) in [5, 5.41) is 7.23. The summed E-state index contributed by atoms with van der Waals surface area (Å²) in [6.07, 6.45) is 9.61. The van der Waals surface area contributed by atoms with Gasteiger partial charge in [-0.3, -0.25) is 0 Å². The van der Waals surface area contributed by atoms with E-state index in [1.54, 1.807) is 0 Å². The molecule has 0 amide bonds. The van der Waals surface area contributed by atoms with Crippen LogP contribution in [0.25, 0.3) is 0 Å². The van der Waals surface area contributed by atoms with Crippen LogP contribution in [0.15, 0.2) is 0 Å². The fourth-order valence-electron chi connectivity index (χ4n) is 3.18. The third-order valence-electron chi connectivity index (χ3n) is 4.89. The van der Waals surface area contributed by atoms with E-state index in [0.29, 0.717) is 0 Å². The molecule has 1 aliphatic rings. The topological polar surface area (TPSA) is 24.1 Å². The second-order valence-electron chi connectivity index (χ2n) is 6.49. The molecule has 0 aromatic rings. The summed E-state index contributed by atoms with van der Waals surface area (Å²) in [7, 11) is 0. The zero-order valence-electron chi connectivity index (χ0n) is 13.5. The lowest BCUT2D eigenvalue weighted by Crippen LogP contribution is -2.34. The molecular weight excluding hydrogens is 232 g/mol. The van der Waals surface area contributed by atoms with Crippen molar-refractivity contribution in [1.82, 2.24) is 10.6 Å². The number of hydrogen-bond donors (Lipinski definition) is 2. The highest BCUT2D eigenvalue weighted by atomic mass is 14.9. The molecule has 2 N–H and O–H groups in total. The first-order valence-electron chi connectivity index (χ1n) is 8.69. The molecule has 0 aromatic heterocycles. The molecular formula is C17H36N2. The van der Waals surface area contributed by atoms with Gasteiger partial charge in [-0.15, -0.1) is 0 Å². The van der Waals surface area contributed by atoms with E-state index in [0.717, 1.165) is 17.8 Å². The van der Waals surface area contributed by atoms with Gasteiger partial charge < -0.3 is 10.6 Å². The highest BCUT2D eigenvalue weighted by Crippen LogP contribution is 2.22. The molecule has 0 aromatic carbocycles. The summed E-state index contributed by atoms with van der Waals surface area (Å²) >= 11 is 0. The van der Waals surface area contributed by atoms with Gasteiger partial charge in [-0.25, -0.2) is 0 Å². The fourth-order valence-corrected chi connectivity index (χ4v) is 3.18. The van der Waals surface area contributed by atoms with Crippen molar-refractivity contribution in [2.24, 2.45) is 17.8 Å². The van der Waals surface area contributed by atoms with Gasteiger partial charge in [0, 0.05) is 0 Å². The van der Waals surface area contributed by atoms with Crippen LogP contribution in [0.3, 0.4) is 0 Å². The van der Waals surface area contributed by atoms with Gasteiger partial charge in [0.1, 0.15) is 0 Å². The highest BCUT2D eigenvalue weighted by molar-refractivity contribution is 4.74. The summed E-state index contributed by atoms with van der Waals surface area (Å²) in [4.78, 5) is 0. The lowest BCUT2D eigenvalue weighted by Gasteiger charge is -2.28. The fraction of sp³-hybridized carbons (Fsp3) is 1.00. The summed E-state index contributed by atoms with van der Waals surface area (Å²) < 4.78 is 0. The molecule has 19 heavy (non-hydrogen) atoms. The first-order chi connectivity index (χ1) is 9.27. The number of piperidine rings is 1. The van der Waals surface area contributed by atoms with Crippen molar-refractivity contribution in [3.63, 3.8) is 0 Å². The zero-order chi connectivity index (χ0) is 13.9. The van der Waals surface area contributed by atoms with E-state index in [-0.39, 0.29) is 0 Å². The zero-order valence-corrected chi connectivity index (χ0v) is 13.5. The molecule has 0 bridgehead atoms. The maximum absolute atomic E-state index is 3.69. The van der Waals surface area contributed by atoms with Crippen LogP contribution in [0.4, 0.5) is 0 Å². The Kier molecular flexibility index (Phi) is 9.54. The van der Waals surface area contributed by atoms with Crippen molar-refractivity contribution in [1.29, 1.82) is 0 Å². The SMILES string of the molecule is CCCCC(CC)CNCCC(C)C1CCCNC1. The van der Waals surface area contributed by atoms with Gasteiger partial charge in [0.15, 0.2) is 0 Å². The number of rotatable bonds is 10. The van der Waals surface area contributed by atoms with E-state index >= 15 is 0 Å². The number of unbranched alkanes of at least 4 members (excludes halogenated alkanes) is 1. The highest BCUT2D eigenvalue weighted by Gasteiger charge is 2.19. The molecule has 1 heterocycles. The van der Waals surface area contributed by atoms with Crippen LogP contribution in [-0.4, -0.2) is 26.2 Å². The third kappa shape index (κ3) is 7.31. The lowest BCUT2D eigenvalue weighted by atomic mass is 9.85. The number of hydrogen-bond acceptors (Lipinski definition) is 2. The van der Waals surface area contributed by atoms with E-state index in [1.165, 1.54) is 71.1 Å². The minimum atomic E-state index is 0.871. The molecule has 1 rings (SSSR count). The third-order valence-corrected chi connectivity index (χ3v) is 4.89. The van der Waals surface area contributed by atoms with Crippen molar-refractivity contribution in [3.8, 4) is 0 Å². The van der Waals surface area contributed by atoms with Crippen LogP contribution in [-0.2, 0) is 0 Å². The van der Waals surface area contributed by atoms with E-state index in [2.05, 4.69) is 31.4 Å². The second kappa shape index (κ2) is 10.7. The molecule has 2 nitrogen and oxygen atoms in total. The second-order valence-corrected chi connectivity index (χ2v) is 6.49. The molecule has 1 saturated heterocycles. The monoisotopic (exact) mass is 268 g/mol. The average molecular weight is 268 g/mol. The summed E-state index contributed by atoms with van der Waals surface area (Å²) in [6.45, 7) is 12.0. The summed E-state index contributed by atoms with van der Waals surface area (Å²) in [6, 6.07) is 0. The first kappa shape index (κ1) is 17.0. The van der Waals surface area contributed by atoms with Gasteiger partial charge >= 0.3 is 0 Å². The Balaban J connectivity index is 2.05. The van der Waals surface area contributed by atoms with E-state index < -0.39 is 0 Å². The molecule has 1 aliphatic heterocycles. The van der Waals surface area contributed by atoms with Gasteiger partial charge in [-0.1, -0.05) is 40.0 Å². The van der Waals surface area contributed by atoms with Crippen molar-refractivity contribution in [2.75, 3.05) is 26.2 Å². The van der Waals surface area contributed by atoms with Crippen LogP contribution in [0, 0.1) is 17.8 Å². The normalized spacial score (nSPS) is 23.2. The predicted molar refractivity (Wildman–Crippen MR) is 85.6 cm³/mol. The maximum Gasteiger partial charge on any atom is -0.00180 e. The van der Waals surface area contributed by atoms with Crippen LogP contribution in [0.5, 0.6) is 0 Å².